The largest absolute Gasteiger partial charge is 0.293 e. The maximum atomic E-state index is 14.9. The van der Waals surface area contributed by atoms with Gasteiger partial charge in [0.2, 0.25) is 0 Å². The van der Waals surface area contributed by atoms with Gasteiger partial charge >= 0.3 is 0 Å². The Kier molecular flexibility index (Phi) is 5.53. The van der Waals surface area contributed by atoms with Crippen LogP contribution in [0.1, 0.15) is 71.6 Å². The minimum Gasteiger partial charge on any atom is -0.293 e. The number of carbonyl (C=O) groups is 1. The van der Waals surface area contributed by atoms with Gasteiger partial charge in [0.25, 0.3) is 0 Å². The Balaban J connectivity index is 1.94. The van der Waals surface area contributed by atoms with E-state index in [4.69, 9.17) is 0 Å². The van der Waals surface area contributed by atoms with Crippen LogP contribution in [0.3, 0.4) is 0 Å². The van der Waals surface area contributed by atoms with E-state index in [1.54, 1.807) is 42.5 Å². The van der Waals surface area contributed by atoms with E-state index in [0.717, 1.165) is 11.1 Å². The molecular weight excluding hydrogens is 468 g/mol. The Hall–Kier alpha value is -4.71. The van der Waals surface area contributed by atoms with E-state index in [1.165, 1.54) is 0 Å². The predicted molar refractivity (Wildman–Crippen MR) is 141 cm³/mol. The first kappa shape index (κ1) is 25.0. The van der Waals surface area contributed by atoms with Gasteiger partial charge in [0.05, 0.1) is 24.3 Å². The van der Waals surface area contributed by atoms with Crippen LogP contribution in [-0.2, 0) is 10.8 Å². The van der Waals surface area contributed by atoms with Crippen LogP contribution >= 0.6 is 0 Å². The summed E-state index contributed by atoms with van der Waals surface area (Å²) in [6.07, 6.45) is 0.288. The Morgan fingerprint density at radius 2 is 1.34 bits per heavy atom. The summed E-state index contributed by atoms with van der Waals surface area (Å²) >= 11 is 0. The molecule has 0 aromatic heterocycles. The van der Waals surface area contributed by atoms with Gasteiger partial charge in [0.15, 0.2) is 16.6 Å². The first-order chi connectivity index (χ1) is 18.2. The van der Waals surface area contributed by atoms with Gasteiger partial charge in [-0.2, -0.15) is 21.0 Å². The number of ketones is 1. The van der Waals surface area contributed by atoms with Crippen molar-refractivity contribution >= 4 is 5.78 Å². The summed E-state index contributed by atoms with van der Waals surface area (Å²) in [4.78, 5) is 14.9. The third-order valence-corrected chi connectivity index (χ3v) is 8.72. The van der Waals surface area contributed by atoms with Crippen LogP contribution in [0, 0.1) is 56.2 Å². The number of nitriles is 4. The highest BCUT2D eigenvalue weighted by Gasteiger charge is 2.80. The molecule has 6 rings (SSSR count). The smallest absolute Gasteiger partial charge is 0.193 e. The molecule has 0 spiro atoms. The number of Topliss-reactive ketones (excluding diaryl/α,β-unsaturated/α-hetero) is 1. The van der Waals surface area contributed by atoms with Gasteiger partial charge in [0, 0.05) is 17.4 Å². The third-order valence-electron chi connectivity index (χ3n) is 8.72. The molecule has 5 nitrogen and oxygen atoms in total. The molecule has 3 atom stereocenters. The summed E-state index contributed by atoms with van der Waals surface area (Å²) in [5, 5.41) is 42.8. The zero-order valence-electron chi connectivity index (χ0n) is 21.6. The van der Waals surface area contributed by atoms with E-state index in [2.05, 4.69) is 45.0 Å². The Bertz CT molecular complexity index is 1580. The second-order valence-corrected chi connectivity index (χ2v) is 11.3. The molecule has 184 valence electrons. The summed E-state index contributed by atoms with van der Waals surface area (Å²) in [5.41, 5.74) is -2.66. The normalized spacial score (nSPS) is 24.1. The van der Waals surface area contributed by atoms with E-state index in [0.29, 0.717) is 16.7 Å². The predicted octanol–water partition coefficient (Wildman–Crippen LogP) is 6.46. The Labute approximate surface area is 223 Å². The topological polar surface area (TPSA) is 112 Å². The highest BCUT2D eigenvalue weighted by molar-refractivity contribution is 6.08. The van der Waals surface area contributed by atoms with Crippen molar-refractivity contribution in [1.29, 1.82) is 21.0 Å². The van der Waals surface area contributed by atoms with Crippen molar-refractivity contribution in [2.45, 2.75) is 49.9 Å². The van der Waals surface area contributed by atoms with Crippen LogP contribution < -0.4 is 0 Å². The molecule has 0 aliphatic heterocycles. The van der Waals surface area contributed by atoms with Crippen molar-refractivity contribution in [2.24, 2.45) is 10.8 Å². The number of hydrogen-bond donors (Lipinski definition) is 0. The molecule has 0 saturated heterocycles. The van der Waals surface area contributed by atoms with Crippen LogP contribution in [-0.4, -0.2) is 5.78 Å². The molecule has 5 heteroatoms. The van der Waals surface area contributed by atoms with E-state index < -0.39 is 33.9 Å². The van der Waals surface area contributed by atoms with E-state index in [1.807, 2.05) is 36.4 Å². The molecule has 2 bridgehead atoms. The second-order valence-electron chi connectivity index (χ2n) is 11.3. The lowest BCUT2D eigenvalue weighted by molar-refractivity contribution is 0.0185. The van der Waals surface area contributed by atoms with Gasteiger partial charge in [-0.15, -0.1) is 0 Å². The maximum absolute atomic E-state index is 14.9. The molecule has 0 amide bonds. The molecule has 1 fully saturated rings. The number of hydrogen-bond acceptors (Lipinski definition) is 5. The van der Waals surface area contributed by atoms with Gasteiger partial charge in [-0.25, -0.2) is 0 Å². The molecule has 3 unspecified atom stereocenters. The van der Waals surface area contributed by atoms with Crippen LogP contribution in [0.2, 0.25) is 0 Å². The minimum absolute atomic E-state index is 0.0892. The Morgan fingerprint density at radius 3 is 1.89 bits per heavy atom. The van der Waals surface area contributed by atoms with Crippen LogP contribution in [0.25, 0.3) is 0 Å². The number of benzene rings is 3. The molecular formula is C33H26N4O. The quantitative estimate of drug-likeness (QED) is 0.388. The van der Waals surface area contributed by atoms with Crippen molar-refractivity contribution in [3.63, 3.8) is 0 Å². The van der Waals surface area contributed by atoms with Crippen molar-refractivity contribution < 1.29 is 4.79 Å². The molecule has 3 aromatic carbocycles. The summed E-state index contributed by atoms with van der Waals surface area (Å²) in [5.74, 6) is -1.74. The van der Waals surface area contributed by atoms with Crippen LogP contribution in [0.15, 0.2) is 78.9 Å². The lowest BCUT2D eigenvalue weighted by Gasteiger charge is -2.62. The molecule has 1 saturated carbocycles. The number of nitrogens with zero attached hydrogens (tertiary/aromatic N) is 4. The molecule has 3 aliphatic rings. The number of rotatable bonds is 3. The van der Waals surface area contributed by atoms with Crippen LogP contribution in [0.4, 0.5) is 0 Å². The minimum atomic E-state index is -2.25. The first-order valence-electron chi connectivity index (χ1n) is 12.6. The van der Waals surface area contributed by atoms with Gasteiger partial charge in [-0.05, 0) is 34.1 Å². The van der Waals surface area contributed by atoms with Gasteiger partial charge in [-0.3, -0.25) is 4.79 Å². The third kappa shape index (κ3) is 2.85. The fourth-order valence-electron chi connectivity index (χ4n) is 6.93. The summed E-state index contributed by atoms with van der Waals surface area (Å²) in [6, 6.07) is 32.3. The molecule has 0 radical (unpaired) electrons. The fourth-order valence-corrected chi connectivity index (χ4v) is 6.93. The van der Waals surface area contributed by atoms with Gasteiger partial charge < -0.3 is 0 Å². The highest BCUT2D eigenvalue weighted by atomic mass is 16.1. The average molecular weight is 495 g/mol. The van der Waals surface area contributed by atoms with Crippen molar-refractivity contribution in [3.05, 3.63) is 107 Å². The Morgan fingerprint density at radius 1 is 0.763 bits per heavy atom. The molecule has 38 heavy (non-hydrogen) atoms. The van der Waals surface area contributed by atoms with Crippen molar-refractivity contribution in [3.8, 4) is 24.3 Å². The van der Waals surface area contributed by atoms with Crippen molar-refractivity contribution in [1.82, 2.24) is 0 Å². The van der Waals surface area contributed by atoms with Gasteiger partial charge in [0.1, 0.15) is 5.41 Å². The fraction of sp³-hybridized carbons (Fsp3) is 0.303. The standard InChI is InChI=1S/C33H26N4O/c1-30(2,3)24-15-13-22(14-16-24)27-17-28-25-11-7-8-12-26(25)33(27,29(38)23-9-5-4-6-10-23)32(20-36,21-37)31(28,18-34)19-35/h4-16,27-28H,17H2,1-3H3. The highest BCUT2D eigenvalue weighted by Crippen LogP contribution is 2.74. The van der Waals surface area contributed by atoms with Crippen molar-refractivity contribution in [2.75, 3.05) is 0 Å². The van der Waals surface area contributed by atoms with Gasteiger partial charge in [-0.1, -0.05) is 99.6 Å². The average Bonchev–Trinajstić information content (AvgIpc) is 2.96. The monoisotopic (exact) mass is 494 g/mol. The summed E-state index contributed by atoms with van der Waals surface area (Å²) in [7, 11) is 0. The molecule has 0 N–H and O–H groups in total. The van der Waals surface area contributed by atoms with Crippen LogP contribution in [0.5, 0.6) is 0 Å². The second kappa shape index (κ2) is 8.42. The number of carbonyl (C=O) groups excluding carboxylic acids is 1. The lowest BCUT2D eigenvalue weighted by atomic mass is 9.32. The zero-order chi connectivity index (χ0) is 27.3. The maximum Gasteiger partial charge on any atom is 0.193 e. The summed E-state index contributed by atoms with van der Waals surface area (Å²) < 4.78 is 0. The van der Waals surface area contributed by atoms with E-state index in [-0.39, 0.29) is 11.8 Å². The van der Waals surface area contributed by atoms with E-state index in [9.17, 15) is 25.8 Å². The first-order valence-corrected chi connectivity index (χ1v) is 12.6. The molecule has 0 heterocycles. The lowest BCUT2D eigenvalue weighted by Crippen LogP contribution is -2.69. The zero-order valence-corrected chi connectivity index (χ0v) is 21.6. The summed E-state index contributed by atoms with van der Waals surface area (Å²) in [6.45, 7) is 6.35. The number of fused-ring (bicyclic) bond motifs is 2. The molecule has 3 aromatic rings. The SMILES string of the molecule is CC(C)(C)c1ccc(C2CC3c4ccccc4C2(C(=O)c2ccccc2)C(C#N)(C#N)C3(C#N)C#N)cc1. The molecule has 3 aliphatic carbocycles. The van der Waals surface area contributed by atoms with E-state index >= 15 is 0 Å².